The van der Waals surface area contributed by atoms with Gasteiger partial charge in [-0.25, -0.2) is 0 Å². The molecule has 1 unspecified atom stereocenters. The Hall–Kier alpha value is -1.88. The minimum absolute atomic E-state index is 0.0232. The van der Waals surface area contributed by atoms with Crippen LogP contribution in [0.3, 0.4) is 0 Å². The van der Waals surface area contributed by atoms with Crippen LogP contribution >= 0.6 is 0 Å². The minimum atomic E-state index is -0.151. The molecule has 102 valence electrons. The molecule has 0 fully saturated rings. The summed E-state index contributed by atoms with van der Waals surface area (Å²) in [4.78, 5) is 12.2. The highest BCUT2D eigenvalue weighted by atomic mass is 16.1. The smallest absolute Gasteiger partial charge is 0.228 e. The van der Waals surface area contributed by atoms with Crippen molar-refractivity contribution >= 4 is 22.5 Å². The second-order valence-corrected chi connectivity index (χ2v) is 5.19. The molecule has 5 heteroatoms. The lowest BCUT2D eigenvalue weighted by Gasteiger charge is -2.17. The summed E-state index contributed by atoms with van der Waals surface area (Å²) in [6, 6.07) is 5.68. The summed E-state index contributed by atoms with van der Waals surface area (Å²) in [5, 5.41) is 10.7. The lowest BCUT2D eigenvalue weighted by atomic mass is 9.96. The minimum Gasteiger partial charge on any atom is -0.330 e. The van der Waals surface area contributed by atoms with E-state index in [4.69, 9.17) is 5.73 Å². The Kier molecular flexibility index (Phi) is 4.16. The molecule has 0 radical (unpaired) electrons. The van der Waals surface area contributed by atoms with E-state index in [1.165, 1.54) is 0 Å². The fourth-order valence-electron chi connectivity index (χ4n) is 2.19. The van der Waals surface area contributed by atoms with Crippen molar-refractivity contribution in [3.05, 3.63) is 24.4 Å². The van der Waals surface area contributed by atoms with Crippen molar-refractivity contribution in [3.63, 3.8) is 0 Å². The van der Waals surface area contributed by atoms with Gasteiger partial charge in [-0.1, -0.05) is 19.9 Å². The summed E-state index contributed by atoms with van der Waals surface area (Å²) < 4.78 is 0. The van der Waals surface area contributed by atoms with Crippen molar-refractivity contribution in [1.29, 1.82) is 0 Å². The van der Waals surface area contributed by atoms with E-state index in [0.717, 1.165) is 23.0 Å². The first kappa shape index (κ1) is 13.5. The predicted octanol–water partition coefficient (Wildman–Crippen LogP) is 2.12. The van der Waals surface area contributed by atoms with Gasteiger partial charge < -0.3 is 11.1 Å². The van der Waals surface area contributed by atoms with Crippen molar-refractivity contribution < 1.29 is 4.79 Å². The Bertz CT molecular complexity index is 561. The van der Waals surface area contributed by atoms with Crippen LogP contribution in [-0.2, 0) is 4.79 Å². The van der Waals surface area contributed by atoms with Gasteiger partial charge in [0, 0.05) is 11.9 Å². The number of carbonyl (C=O) groups is 1. The Labute approximate surface area is 112 Å². The van der Waals surface area contributed by atoms with Crippen molar-refractivity contribution in [1.82, 2.24) is 10.2 Å². The molecule has 19 heavy (non-hydrogen) atoms. The van der Waals surface area contributed by atoms with Gasteiger partial charge in [-0.15, -0.1) is 0 Å². The molecule has 0 bridgehead atoms. The third kappa shape index (κ3) is 3.12. The molecule has 0 aliphatic carbocycles. The number of nitrogens with one attached hydrogen (secondary N) is 2. The normalized spacial score (nSPS) is 12.8. The van der Waals surface area contributed by atoms with Crippen LogP contribution in [0.1, 0.15) is 20.3 Å². The number of rotatable bonds is 5. The number of nitrogens with zero attached hydrogens (tertiary/aromatic N) is 1. The van der Waals surface area contributed by atoms with Gasteiger partial charge in [-0.2, -0.15) is 5.10 Å². The summed E-state index contributed by atoms with van der Waals surface area (Å²) in [6.45, 7) is 4.55. The zero-order chi connectivity index (χ0) is 13.8. The van der Waals surface area contributed by atoms with Crippen molar-refractivity contribution in [2.24, 2.45) is 17.6 Å². The molecule has 5 nitrogen and oxygen atoms in total. The second kappa shape index (κ2) is 5.84. The van der Waals surface area contributed by atoms with E-state index < -0.39 is 0 Å². The molecular weight excluding hydrogens is 240 g/mol. The molecule has 1 aromatic carbocycles. The average molecular weight is 260 g/mol. The van der Waals surface area contributed by atoms with E-state index in [2.05, 4.69) is 29.4 Å². The van der Waals surface area contributed by atoms with E-state index in [9.17, 15) is 4.79 Å². The maximum Gasteiger partial charge on any atom is 0.228 e. The van der Waals surface area contributed by atoms with Crippen LogP contribution in [0.4, 0.5) is 5.69 Å². The zero-order valence-corrected chi connectivity index (χ0v) is 11.3. The Balaban J connectivity index is 2.15. The highest BCUT2D eigenvalue weighted by molar-refractivity contribution is 6.01. The number of aromatic nitrogens is 2. The number of fused-ring (bicyclic) bond motifs is 1. The molecule has 0 saturated heterocycles. The molecule has 1 amide bonds. The van der Waals surface area contributed by atoms with Crippen LogP contribution in [0, 0.1) is 11.8 Å². The number of hydrogen-bond acceptors (Lipinski definition) is 3. The van der Waals surface area contributed by atoms with Gasteiger partial charge in [0.15, 0.2) is 0 Å². The zero-order valence-electron chi connectivity index (χ0n) is 11.3. The molecule has 1 heterocycles. The van der Waals surface area contributed by atoms with Crippen LogP contribution < -0.4 is 11.1 Å². The molecular formula is C14H20N4O. The van der Waals surface area contributed by atoms with Gasteiger partial charge in [0.05, 0.1) is 23.3 Å². The summed E-state index contributed by atoms with van der Waals surface area (Å²) in [5.41, 5.74) is 7.37. The van der Waals surface area contributed by atoms with Crippen LogP contribution in [0.2, 0.25) is 0 Å². The van der Waals surface area contributed by atoms with Gasteiger partial charge in [-0.05, 0) is 24.5 Å². The number of anilines is 1. The first-order valence-corrected chi connectivity index (χ1v) is 6.54. The highest BCUT2D eigenvalue weighted by Crippen LogP contribution is 2.22. The van der Waals surface area contributed by atoms with E-state index in [-0.39, 0.29) is 11.8 Å². The van der Waals surface area contributed by atoms with Gasteiger partial charge >= 0.3 is 0 Å². The van der Waals surface area contributed by atoms with E-state index >= 15 is 0 Å². The maximum absolute atomic E-state index is 12.2. The Morgan fingerprint density at radius 2 is 2.26 bits per heavy atom. The number of amides is 1. The van der Waals surface area contributed by atoms with Gasteiger partial charge in [-0.3, -0.25) is 9.89 Å². The molecule has 0 aliphatic rings. The second-order valence-electron chi connectivity index (χ2n) is 5.19. The fourth-order valence-corrected chi connectivity index (χ4v) is 2.19. The maximum atomic E-state index is 12.2. The lowest BCUT2D eigenvalue weighted by molar-refractivity contribution is -0.120. The molecule has 2 rings (SSSR count). The van der Waals surface area contributed by atoms with Crippen molar-refractivity contribution in [2.75, 3.05) is 11.9 Å². The quantitative estimate of drug-likeness (QED) is 0.770. The molecule has 0 spiro atoms. The summed E-state index contributed by atoms with van der Waals surface area (Å²) in [5.74, 6) is 0.274. The molecule has 1 atom stereocenters. The van der Waals surface area contributed by atoms with Crippen LogP contribution in [-0.4, -0.2) is 22.6 Å². The Morgan fingerprint density at radius 1 is 1.47 bits per heavy atom. The standard InChI is InChI=1S/C14H20N4O/c1-9(2)6-10(7-15)14(19)17-12-4-3-5-13-11(12)8-16-18-13/h3-5,8-10H,6-7,15H2,1-2H3,(H,16,18)(H,17,19). The summed E-state index contributed by atoms with van der Waals surface area (Å²) in [7, 11) is 0. The molecule has 2 aromatic rings. The molecule has 1 aromatic heterocycles. The number of aromatic amines is 1. The molecule has 4 N–H and O–H groups in total. The number of hydrogen-bond donors (Lipinski definition) is 3. The Morgan fingerprint density at radius 3 is 2.95 bits per heavy atom. The van der Waals surface area contributed by atoms with E-state index in [1.54, 1.807) is 6.20 Å². The number of benzene rings is 1. The van der Waals surface area contributed by atoms with E-state index in [1.807, 2.05) is 18.2 Å². The van der Waals surface area contributed by atoms with Crippen LogP contribution in [0.25, 0.3) is 10.9 Å². The summed E-state index contributed by atoms with van der Waals surface area (Å²) >= 11 is 0. The summed E-state index contributed by atoms with van der Waals surface area (Å²) in [6.07, 6.45) is 2.51. The third-order valence-electron chi connectivity index (χ3n) is 3.15. The van der Waals surface area contributed by atoms with Gasteiger partial charge in [0.2, 0.25) is 5.91 Å². The van der Waals surface area contributed by atoms with Gasteiger partial charge in [0.1, 0.15) is 0 Å². The van der Waals surface area contributed by atoms with E-state index in [0.29, 0.717) is 12.5 Å². The molecule has 0 aliphatic heterocycles. The SMILES string of the molecule is CC(C)CC(CN)C(=O)Nc1cccc2[nH]ncc12. The first-order chi connectivity index (χ1) is 9.11. The first-order valence-electron chi connectivity index (χ1n) is 6.54. The monoisotopic (exact) mass is 260 g/mol. The largest absolute Gasteiger partial charge is 0.330 e. The molecule has 0 saturated carbocycles. The fraction of sp³-hybridized carbons (Fsp3) is 0.429. The predicted molar refractivity (Wildman–Crippen MR) is 76.7 cm³/mol. The number of H-pyrrole nitrogens is 1. The number of nitrogens with two attached hydrogens (primary N) is 1. The topological polar surface area (TPSA) is 83.8 Å². The van der Waals surface area contributed by atoms with Gasteiger partial charge in [0.25, 0.3) is 0 Å². The number of carbonyl (C=O) groups excluding carboxylic acids is 1. The highest BCUT2D eigenvalue weighted by Gasteiger charge is 2.19. The van der Waals surface area contributed by atoms with Crippen molar-refractivity contribution in [3.8, 4) is 0 Å². The van der Waals surface area contributed by atoms with Crippen molar-refractivity contribution in [2.45, 2.75) is 20.3 Å². The van der Waals surface area contributed by atoms with Crippen LogP contribution in [0.5, 0.6) is 0 Å². The average Bonchev–Trinajstić information content (AvgIpc) is 2.84. The lowest BCUT2D eigenvalue weighted by Crippen LogP contribution is -2.30. The third-order valence-corrected chi connectivity index (χ3v) is 3.15. The van der Waals surface area contributed by atoms with Crippen LogP contribution in [0.15, 0.2) is 24.4 Å².